The van der Waals surface area contributed by atoms with Crippen molar-refractivity contribution in [3.8, 4) is 6.07 Å². The number of hydrogen-bond acceptors (Lipinski definition) is 5. The molecule has 2 fully saturated rings. The van der Waals surface area contributed by atoms with E-state index in [1.165, 1.54) is 0 Å². The summed E-state index contributed by atoms with van der Waals surface area (Å²) in [4.78, 5) is 27.3. The predicted octanol–water partition coefficient (Wildman–Crippen LogP) is 7.89. The van der Waals surface area contributed by atoms with Crippen LogP contribution >= 0.6 is 0 Å². The van der Waals surface area contributed by atoms with E-state index in [1.54, 1.807) is 13.8 Å². The van der Waals surface area contributed by atoms with Gasteiger partial charge in [0.15, 0.2) is 0 Å². The Hall–Kier alpha value is -2.34. The lowest BCUT2D eigenvalue weighted by atomic mass is 9.52. The van der Waals surface area contributed by atoms with Crippen molar-refractivity contribution >= 4 is 11.9 Å². The van der Waals surface area contributed by atoms with Crippen molar-refractivity contribution in [1.82, 2.24) is 0 Å². The first-order valence-corrected chi connectivity index (χ1v) is 13.6. The van der Waals surface area contributed by atoms with E-state index < -0.39 is 11.9 Å². The van der Waals surface area contributed by atoms with Gasteiger partial charge in [-0.1, -0.05) is 67.9 Å². The Kier molecular flexibility index (Phi) is 10.6. The Morgan fingerprint density at radius 3 is 1.65 bits per heavy atom. The Balaban J connectivity index is 0.000000371. The molecule has 2 aliphatic carbocycles. The molecule has 0 aromatic heterocycles. The van der Waals surface area contributed by atoms with Crippen molar-refractivity contribution in [2.24, 2.45) is 33.0 Å². The number of esters is 2. The highest BCUT2D eigenvalue weighted by molar-refractivity contribution is 5.91. The second-order valence-electron chi connectivity index (χ2n) is 14.5. The summed E-state index contributed by atoms with van der Waals surface area (Å²) in [6, 6.07) is 2.20. The molecule has 6 heteroatoms. The SMILES string of the molecule is CCOC(=O)C(C#N)C1(C)CC(C)(C)CC(C)(C)C1.[C-]#[N+]C(C(=O)OCC)=C1CC(C)(C)CC(C)(C)C1. The van der Waals surface area contributed by atoms with E-state index in [2.05, 4.69) is 73.2 Å². The van der Waals surface area contributed by atoms with Gasteiger partial charge in [0, 0.05) is 0 Å². The molecule has 37 heavy (non-hydrogen) atoms. The van der Waals surface area contributed by atoms with E-state index in [1.807, 2.05) is 0 Å². The van der Waals surface area contributed by atoms with Gasteiger partial charge in [0.25, 0.3) is 5.70 Å². The summed E-state index contributed by atoms with van der Waals surface area (Å²) in [7, 11) is 0. The summed E-state index contributed by atoms with van der Waals surface area (Å²) in [5, 5.41) is 9.43. The third-order valence-electron chi connectivity index (χ3n) is 7.33. The van der Waals surface area contributed by atoms with Crippen LogP contribution in [0.2, 0.25) is 0 Å². The molecule has 0 amide bonds. The third-order valence-corrected chi connectivity index (χ3v) is 7.33. The summed E-state index contributed by atoms with van der Waals surface area (Å²) >= 11 is 0. The molecular formula is C31H50N2O4. The second kappa shape index (κ2) is 12.0. The van der Waals surface area contributed by atoms with Crippen LogP contribution in [0, 0.1) is 50.9 Å². The van der Waals surface area contributed by atoms with Crippen LogP contribution in [0.5, 0.6) is 0 Å². The molecule has 1 atom stereocenters. The van der Waals surface area contributed by atoms with Crippen LogP contribution in [0.3, 0.4) is 0 Å². The molecular weight excluding hydrogens is 464 g/mol. The highest BCUT2D eigenvalue weighted by Gasteiger charge is 2.51. The van der Waals surface area contributed by atoms with Crippen LogP contribution in [-0.2, 0) is 19.1 Å². The van der Waals surface area contributed by atoms with Gasteiger partial charge >= 0.3 is 11.9 Å². The van der Waals surface area contributed by atoms with Crippen LogP contribution in [0.25, 0.3) is 4.85 Å². The van der Waals surface area contributed by atoms with E-state index in [-0.39, 0.29) is 38.7 Å². The number of ether oxygens (including phenoxy) is 2. The van der Waals surface area contributed by atoms with Gasteiger partial charge in [0.1, 0.15) is 5.92 Å². The molecule has 2 saturated carbocycles. The van der Waals surface area contributed by atoms with Gasteiger partial charge in [0.2, 0.25) is 0 Å². The van der Waals surface area contributed by atoms with Gasteiger partial charge in [-0.3, -0.25) is 9.59 Å². The fraction of sp³-hybridized carbons (Fsp3) is 0.806. The van der Waals surface area contributed by atoms with Gasteiger partial charge in [0.05, 0.1) is 25.9 Å². The van der Waals surface area contributed by atoms with Crippen LogP contribution in [0.4, 0.5) is 0 Å². The standard InChI is InChI=1S/C16H27NO2.C15H23NO2/c1-7-19-13(18)12(8-17)16(6)10-14(2,3)9-15(4,5)11-16;1-7-18-13(17)12(16-6)11-8-14(2,3)10-15(4,5)9-11/h12H,7,9-11H2,1-6H3;7-10H2,1-5H3. The van der Waals surface area contributed by atoms with Crippen molar-refractivity contribution < 1.29 is 19.1 Å². The zero-order valence-electron chi connectivity index (χ0n) is 25.3. The molecule has 0 N–H and O–H groups in total. The largest absolute Gasteiger partial charge is 0.471 e. The van der Waals surface area contributed by atoms with E-state index >= 15 is 0 Å². The number of nitriles is 1. The Bertz CT molecular complexity index is 923. The normalized spacial score (nSPS) is 23.1. The molecule has 0 spiro atoms. The lowest BCUT2D eigenvalue weighted by Crippen LogP contribution is -2.46. The summed E-state index contributed by atoms with van der Waals surface area (Å²) in [6.07, 6.45) is 5.63. The number of nitrogens with zero attached hydrogens (tertiary/aromatic N) is 2. The monoisotopic (exact) mass is 514 g/mol. The minimum absolute atomic E-state index is 0.138. The van der Waals surface area contributed by atoms with Crippen molar-refractivity contribution in [3.63, 3.8) is 0 Å². The average molecular weight is 515 g/mol. The molecule has 0 aromatic carbocycles. The van der Waals surface area contributed by atoms with E-state index in [0.717, 1.165) is 44.1 Å². The minimum atomic E-state index is -0.661. The molecule has 2 aliphatic rings. The first-order chi connectivity index (χ1) is 16.8. The molecule has 0 aromatic rings. The van der Waals surface area contributed by atoms with Gasteiger partial charge in [-0.2, -0.15) is 5.26 Å². The molecule has 0 bridgehead atoms. The zero-order valence-corrected chi connectivity index (χ0v) is 25.3. The second-order valence-corrected chi connectivity index (χ2v) is 14.5. The number of hydrogen-bond donors (Lipinski definition) is 0. The van der Waals surface area contributed by atoms with Crippen molar-refractivity contribution in [3.05, 3.63) is 22.7 Å². The third kappa shape index (κ3) is 9.48. The Morgan fingerprint density at radius 1 is 0.838 bits per heavy atom. The molecule has 0 aliphatic heterocycles. The number of rotatable bonds is 5. The van der Waals surface area contributed by atoms with Gasteiger partial charge in [-0.15, -0.1) is 0 Å². The molecule has 2 rings (SSSR count). The van der Waals surface area contributed by atoms with E-state index in [0.29, 0.717) is 13.2 Å². The number of allylic oxidation sites excluding steroid dienone is 1. The van der Waals surface area contributed by atoms with Crippen molar-refractivity contribution in [2.75, 3.05) is 13.2 Å². The lowest BCUT2D eigenvalue weighted by molar-refractivity contribution is -0.153. The predicted molar refractivity (Wildman–Crippen MR) is 147 cm³/mol. The smallest absolute Gasteiger partial charge is 0.336 e. The van der Waals surface area contributed by atoms with Crippen LogP contribution < -0.4 is 0 Å². The average Bonchev–Trinajstić information content (AvgIpc) is 2.64. The van der Waals surface area contributed by atoms with Crippen molar-refractivity contribution in [2.45, 2.75) is 115 Å². The highest BCUT2D eigenvalue weighted by Crippen LogP contribution is 2.57. The lowest BCUT2D eigenvalue weighted by Gasteiger charge is -2.51. The summed E-state index contributed by atoms with van der Waals surface area (Å²) in [6.45, 7) is 31.2. The van der Waals surface area contributed by atoms with E-state index in [4.69, 9.17) is 16.0 Å². The maximum Gasteiger partial charge on any atom is 0.336 e. The minimum Gasteiger partial charge on any atom is -0.471 e. The zero-order chi connectivity index (χ0) is 28.9. The maximum absolute atomic E-state index is 12.1. The first-order valence-electron chi connectivity index (χ1n) is 13.6. The Morgan fingerprint density at radius 2 is 1.27 bits per heavy atom. The molecule has 1 unspecified atom stereocenters. The van der Waals surface area contributed by atoms with Crippen LogP contribution in [0.1, 0.15) is 115 Å². The topological polar surface area (TPSA) is 80.8 Å². The fourth-order valence-electron chi connectivity index (χ4n) is 7.87. The summed E-state index contributed by atoms with van der Waals surface area (Å²) in [5.74, 6) is -1.48. The van der Waals surface area contributed by atoms with Crippen molar-refractivity contribution in [1.29, 1.82) is 5.26 Å². The number of carbonyl (C=O) groups excluding carboxylic acids is 2. The number of carbonyl (C=O) groups is 2. The molecule has 208 valence electrons. The summed E-state index contributed by atoms with van der Waals surface area (Å²) < 4.78 is 10.1. The fourth-order valence-corrected chi connectivity index (χ4v) is 7.87. The molecule has 0 radical (unpaired) electrons. The first kappa shape index (κ1) is 32.7. The molecule has 6 nitrogen and oxygen atoms in total. The quantitative estimate of drug-likeness (QED) is 0.212. The molecule has 0 heterocycles. The highest BCUT2D eigenvalue weighted by atomic mass is 16.5. The van der Waals surface area contributed by atoms with Gasteiger partial charge in [-0.25, -0.2) is 4.85 Å². The summed E-state index contributed by atoms with van der Waals surface area (Å²) in [5.41, 5.74) is 1.45. The van der Waals surface area contributed by atoms with Crippen LogP contribution in [-0.4, -0.2) is 25.2 Å². The maximum atomic E-state index is 12.1. The van der Waals surface area contributed by atoms with Gasteiger partial charge in [-0.05, 0) is 79.4 Å². The van der Waals surface area contributed by atoms with Crippen LogP contribution in [0.15, 0.2) is 11.3 Å². The van der Waals surface area contributed by atoms with E-state index in [9.17, 15) is 14.9 Å². The Labute approximate surface area is 226 Å². The molecule has 0 saturated heterocycles. The van der Waals surface area contributed by atoms with Gasteiger partial charge < -0.3 is 9.47 Å².